The Morgan fingerprint density at radius 1 is 0.833 bits per heavy atom. The molecule has 0 spiro atoms. The van der Waals surface area contributed by atoms with Crippen LogP contribution < -0.4 is 88.7 Å². The second-order valence-electron chi connectivity index (χ2n) is 0. The van der Waals surface area contributed by atoms with Gasteiger partial charge in [-0.3, -0.25) is 0 Å². The maximum absolute atomic E-state index is 6.50. The Bertz CT molecular complexity index is 15.5. The first-order valence-corrected chi connectivity index (χ1v) is 0.258. The molecule has 5 heteroatoms. The zero-order chi connectivity index (χ0) is 2.00. The average molecular weight is 128 g/mol. The summed E-state index contributed by atoms with van der Waals surface area (Å²) in [4.78, 5) is 0. The van der Waals surface area contributed by atoms with Crippen molar-refractivity contribution in [2.24, 2.45) is 0 Å². The number of rotatable bonds is 0. The Kier molecular flexibility index (Phi) is 279. The molecule has 0 aliphatic rings. The van der Waals surface area contributed by atoms with Gasteiger partial charge in [-0.05, 0) is 0 Å². The van der Waals surface area contributed by atoms with E-state index in [9.17, 15) is 0 Å². The van der Waals surface area contributed by atoms with Crippen molar-refractivity contribution in [3.63, 3.8) is 0 Å². The van der Waals surface area contributed by atoms with Crippen molar-refractivity contribution in [3.8, 4) is 6.57 Å². The van der Waals surface area contributed by atoms with Gasteiger partial charge in [-0.25, -0.2) is 5.26 Å². The van der Waals surface area contributed by atoms with E-state index in [4.69, 9.17) is 5.26 Å². The van der Waals surface area contributed by atoms with E-state index in [-0.39, 0.29) is 102 Å². The van der Waals surface area contributed by atoms with Gasteiger partial charge in [0.15, 0.2) is 0 Å². The number of hydrogen-bond acceptors (Lipinski definition) is 1. The molecule has 1 nitrogen and oxygen atoms in total. The predicted octanol–water partition coefficient (Wildman–Crippen LogP) is -8.85. The van der Waals surface area contributed by atoms with Crippen molar-refractivity contribution < 1.29 is 88.7 Å². The van der Waals surface area contributed by atoms with E-state index in [1.807, 2.05) is 0 Å². The number of nitrogens with zero attached hydrogens (tertiary/aromatic N) is 1. The molecule has 0 saturated carbocycles. The van der Waals surface area contributed by atoms with Crippen LogP contribution in [0.25, 0.3) is 0 Å². The molecule has 0 aliphatic carbocycles. The van der Waals surface area contributed by atoms with Gasteiger partial charge in [-0.1, -0.05) is 0 Å². The van der Waals surface area contributed by atoms with E-state index in [1.165, 1.54) is 0 Å². The summed E-state index contributed by atoms with van der Waals surface area (Å²) in [5.41, 5.74) is 0. The molecule has 0 amide bonds. The molecule has 0 aromatic carbocycles. The zero-order valence-corrected chi connectivity index (χ0v) is 11.2. The van der Waals surface area contributed by atoms with Crippen LogP contribution in [0.3, 0.4) is 0 Å². The molecule has 0 saturated heterocycles. The van der Waals surface area contributed by atoms with Crippen molar-refractivity contribution in [3.05, 3.63) is 0 Å². The molecule has 0 fully saturated rings. The first kappa shape index (κ1) is 36.8. The van der Waals surface area contributed by atoms with Crippen LogP contribution in [0.4, 0.5) is 0 Å². The minimum atomic E-state index is 0. The normalized spacial score (nSPS) is 0.333. The summed E-state index contributed by atoms with van der Waals surface area (Å²) < 4.78 is 0. The third kappa shape index (κ3) is 28.9. The molecule has 0 radical (unpaired) electrons. The van der Waals surface area contributed by atoms with Gasteiger partial charge in [-0.15, -0.1) is 0 Å². The molecule has 0 heterocycles. The minimum Gasteiger partial charge on any atom is -2.00 e. The monoisotopic (exact) mass is 128 g/mol. The molecule has 0 aromatic rings. The van der Waals surface area contributed by atoms with Gasteiger partial charge in [0.1, 0.15) is 0 Å². The fourth-order valence-electron chi connectivity index (χ4n) is 0. The molecule has 0 bridgehead atoms. The summed E-state index contributed by atoms with van der Waals surface area (Å²) in [6, 6.07) is 0. The maximum Gasteiger partial charge on any atom is 1.00 e. The average Bonchev–Trinajstić information content (AvgIpc) is 1.00. The fourth-order valence-corrected chi connectivity index (χ4v) is 0. The van der Waals surface area contributed by atoms with Gasteiger partial charge >= 0.3 is 88.7 Å². The van der Waals surface area contributed by atoms with E-state index in [0.717, 1.165) is 0 Å². The molecule has 0 atom stereocenters. The number of hydrogen-bond donors (Lipinski definition) is 0. The fraction of sp³-hybridized carbons (Fsp3) is 0. The van der Waals surface area contributed by atoms with Gasteiger partial charge in [-0.2, -0.15) is 0 Å². The smallest absolute Gasteiger partial charge is 1.00 e. The molecule has 18 valence electrons. The van der Waals surface area contributed by atoms with Crippen LogP contribution >= 0.6 is 0 Å². The van der Waals surface area contributed by atoms with Crippen molar-refractivity contribution in [1.29, 1.82) is 5.26 Å². The Balaban J connectivity index is -0.000000000833. The largest absolute Gasteiger partial charge is 2.00 e. The van der Waals surface area contributed by atoms with E-state index >= 15 is 0 Å². The quantitative estimate of drug-likeness (QED) is 0.297. The maximum atomic E-state index is 6.50. The minimum absolute atomic E-state index is 0. The molecule has 0 unspecified atom stereocenters. The van der Waals surface area contributed by atoms with Crippen molar-refractivity contribution in [2.45, 2.75) is 0 Å². The standard InChI is InChI=1S/CHN.3Na.S/c1-2;;;;/h1H;;;;/q;3*+1;-2. The van der Waals surface area contributed by atoms with Crippen LogP contribution in [0.5, 0.6) is 0 Å². The molecular formula is CHNNa3S+. The summed E-state index contributed by atoms with van der Waals surface area (Å²) in [6.45, 7) is 3.50. The Labute approximate surface area is 112 Å². The first-order valence-electron chi connectivity index (χ1n) is 0.258. The van der Waals surface area contributed by atoms with Gasteiger partial charge < -0.3 is 13.5 Å². The van der Waals surface area contributed by atoms with E-state index in [2.05, 4.69) is 6.57 Å². The van der Waals surface area contributed by atoms with Crippen LogP contribution in [0.15, 0.2) is 0 Å². The summed E-state index contributed by atoms with van der Waals surface area (Å²) in [5, 5.41) is 6.50. The topological polar surface area (TPSA) is 23.8 Å². The van der Waals surface area contributed by atoms with Crippen molar-refractivity contribution >= 4 is 13.5 Å². The number of nitriles is 1. The zero-order valence-electron chi connectivity index (χ0n) is 4.43. The van der Waals surface area contributed by atoms with Crippen LogP contribution in [-0.2, 0) is 13.5 Å². The summed E-state index contributed by atoms with van der Waals surface area (Å²) >= 11 is 0. The molecule has 6 heavy (non-hydrogen) atoms. The molecule has 0 rings (SSSR count). The summed E-state index contributed by atoms with van der Waals surface area (Å²) in [6.07, 6.45) is 0. The molecule has 0 aromatic heterocycles. The van der Waals surface area contributed by atoms with Gasteiger partial charge in [0.2, 0.25) is 0 Å². The second kappa shape index (κ2) is 45.5. The van der Waals surface area contributed by atoms with Gasteiger partial charge in [0.25, 0.3) is 0 Å². The Morgan fingerprint density at radius 3 is 0.833 bits per heavy atom. The molecule has 0 N–H and O–H groups in total. The van der Waals surface area contributed by atoms with Crippen LogP contribution in [-0.4, -0.2) is 0 Å². The third-order valence-corrected chi connectivity index (χ3v) is 0. The van der Waals surface area contributed by atoms with Crippen LogP contribution in [0, 0.1) is 11.8 Å². The van der Waals surface area contributed by atoms with E-state index in [1.54, 1.807) is 0 Å². The molecule has 0 aliphatic heterocycles. The van der Waals surface area contributed by atoms with Crippen molar-refractivity contribution in [1.82, 2.24) is 0 Å². The van der Waals surface area contributed by atoms with Gasteiger partial charge in [0, 0.05) is 6.57 Å². The Morgan fingerprint density at radius 2 is 0.833 bits per heavy atom. The second-order valence-corrected chi connectivity index (χ2v) is 0. The predicted molar refractivity (Wildman–Crippen MR) is 14.0 cm³/mol. The van der Waals surface area contributed by atoms with Crippen molar-refractivity contribution in [2.75, 3.05) is 0 Å². The molecular weight excluding hydrogens is 127 g/mol. The van der Waals surface area contributed by atoms with Crippen LogP contribution in [0.1, 0.15) is 0 Å². The Hall–Kier alpha value is 2.84. The summed E-state index contributed by atoms with van der Waals surface area (Å²) in [7, 11) is 0. The van der Waals surface area contributed by atoms with E-state index < -0.39 is 0 Å². The summed E-state index contributed by atoms with van der Waals surface area (Å²) in [5.74, 6) is 0. The van der Waals surface area contributed by atoms with Crippen LogP contribution in [0.2, 0.25) is 0 Å². The first-order chi connectivity index (χ1) is 1.00. The SMILES string of the molecule is C#N.[Na+].[Na+].[Na+].[S-2]. The van der Waals surface area contributed by atoms with E-state index in [0.29, 0.717) is 0 Å². The van der Waals surface area contributed by atoms with Gasteiger partial charge in [0.05, 0.1) is 0 Å². The third-order valence-electron chi connectivity index (χ3n) is 0.